The van der Waals surface area contributed by atoms with Gasteiger partial charge in [0.15, 0.2) is 23.2 Å². The number of aliphatic hydroxyl groups excluding tert-OH is 3. The number of anilines is 2. The molecule has 1 amide bonds. The molecule has 1 saturated heterocycles. The van der Waals surface area contributed by atoms with E-state index in [1.54, 1.807) is 0 Å². The molecule has 0 bridgehead atoms. The lowest BCUT2D eigenvalue weighted by atomic mass is 10.1. The van der Waals surface area contributed by atoms with Crippen LogP contribution in [-0.2, 0) is 19.6 Å². The number of rotatable bonds is 9. The van der Waals surface area contributed by atoms with Crippen LogP contribution in [0.4, 0.5) is 11.5 Å². The summed E-state index contributed by atoms with van der Waals surface area (Å²) in [4.78, 5) is 25.4. The van der Waals surface area contributed by atoms with Gasteiger partial charge in [-0.15, -0.1) is 0 Å². The summed E-state index contributed by atoms with van der Waals surface area (Å²) in [6, 6.07) is 5.66. The topological polar surface area (TPSA) is 198 Å². The van der Waals surface area contributed by atoms with E-state index in [0.29, 0.717) is 15.6 Å². The molecule has 2 fully saturated rings. The number of fused-ring (bicyclic) bond motifs is 1. The fourth-order valence-corrected chi connectivity index (χ4v) is 6.70. The van der Waals surface area contributed by atoms with E-state index in [1.165, 1.54) is 52.2 Å². The zero-order valence-corrected chi connectivity index (χ0v) is 23.5. The zero-order valence-electron chi connectivity index (χ0n) is 21.9. The molecule has 6 rings (SSSR count). The summed E-state index contributed by atoms with van der Waals surface area (Å²) in [7, 11) is -4.31. The molecule has 2 aliphatic rings. The van der Waals surface area contributed by atoms with E-state index in [1.807, 2.05) is 0 Å². The molecule has 4 heterocycles. The van der Waals surface area contributed by atoms with Crippen molar-refractivity contribution < 1.29 is 33.3 Å². The van der Waals surface area contributed by atoms with Crippen molar-refractivity contribution in [2.45, 2.75) is 61.2 Å². The zero-order chi connectivity index (χ0) is 29.6. The van der Waals surface area contributed by atoms with Crippen LogP contribution in [0.2, 0.25) is 5.02 Å². The number of carbonyl (C=O) groups excluding carboxylic acids is 1. The third kappa shape index (κ3) is 4.99. The fourth-order valence-electron chi connectivity index (χ4n) is 5.20. The highest BCUT2D eigenvalue weighted by Crippen LogP contribution is 2.34. The quantitative estimate of drug-likeness (QED) is 0.194. The minimum absolute atomic E-state index is 0.00810. The van der Waals surface area contributed by atoms with Crippen LogP contribution < -0.4 is 9.62 Å². The molecule has 17 heteroatoms. The van der Waals surface area contributed by atoms with E-state index < -0.39 is 41.2 Å². The molecule has 4 N–H and O–H groups in total. The normalized spacial score (nSPS) is 23.0. The Labute approximate surface area is 244 Å². The van der Waals surface area contributed by atoms with Gasteiger partial charge < -0.3 is 25.4 Å². The second-order valence-electron chi connectivity index (χ2n) is 10.1. The molecular formula is C25H27ClN8O7S. The van der Waals surface area contributed by atoms with Crippen LogP contribution in [0, 0.1) is 0 Å². The molecular weight excluding hydrogens is 592 g/mol. The number of nitrogens with zero attached hydrogens (tertiary/aromatic N) is 7. The van der Waals surface area contributed by atoms with Gasteiger partial charge in [-0.05, 0) is 31.0 Å². The molecule has 2 unspecified atom stereocenters. The number of sulfonamides is 1. The number of benzene rings is 1. The summed E-state index contributed by atoms with van der Waals surface area (Å²) >= 11 is 5.97. The Hall–Kier alpha value is -3.67. The second kappa shape index (κ2) is 11.2. The molecule has 1 aliphatic carbocycles. The standard InChI is InChI=1S/C25H27ClN8O7S/c26-14-4-3-7-17(8-14)42(39,40)34(13-36)16-9-28-33(10-16)25-30-22(29-15-5-1-2-6-15)19-23(31-25)32(12-27-19)24-21(38)20(37)18(11-35)41-24/h3-4,7-10,12-13,15,18,20-21,24,35,37-38H,1-2,5-6,11H2,(H,29,30,31)/t18-,20?,21?,24-/m1/s1. The summed E-state index contributed by atoms with van der Waals surface area (Å²) in [5.41, 5.74) is 0.524. The predicted octanol–water partition coefficient (Wildman–Crippen LogP) is 0.983. The van der Waals surface area contributed by atoms with E-state index in [9.17, 15) is 28.5 Å². The van der Waals surface area contributed by atoms with E-state index in [4.69, 9.17) is 16.3 Å². The number of nitrogens with one attached hydrogen (secondary N) is 1. The van der Waals surface area contributed by atoms with Crippen LogP contribution >= 0.6 is 11.6 Å². The highest BCUT2D eigenvalue weighted by molar-refractivity contribution is 7.93. The van der Waals surface area contributed by atoms with Gasteiger partial charge in [-0.25, -0.2) is 22.4 Å². The Balaban J connectivity index is 1.41. The number of amides is 1. The Morgan fingerprint density at radius 2 is 1.98 bits per heavy atom. The van der Waals surface area contributed by atoms with Gasteiger partial charge in [0.25, 0.3) is 16.0 Å². The number of hydrogen-bond acceptors (Lipinski definition) is 12. The number of hydrogen-bond donors (Lipinski definition) is 4. The molecule has 42 heavy (non-hydrogen) atoms. The van der Waals surface area contributed by atoms with Gasteiger partial charge in [0.2, 0.25) is 6.41 Å². The van der Waals surface area contributed by atoms with Crippen LogP contribution in [0.5, 0.6) is 0 Å². The maximum Gasteiger partial charge on any atom is 0.270 e. The first kappa shape index (κ1) is 28.4. The molecule has 222 valence electrons. The minimum atomic E-state index is -4.31. The van der Waals surface area contributed by atoms with Gasteiger partial charge in [-0.3, -0.25) is 9.36 Å². The lowest BCUT2D eigenvalue weighted by Crippen LogP contribution is -2.33. The fraction of sp³-hybridized carbons (Fsp3) is 0.400. The minimum Gasteiger partial charge on any atom is -0.394 e. The van der Waals surface area contributed by atoms with Crippen molar-refractivity contribution in [3.63, 3.8) is 0 Å². The molecule has 0 radical (unpaired) electrons. The lowest BCUT2D eigenvalue weighted by Gasteiger charge is -2.18. The summed E-state index contributed by atoms with van der Waals surface area (Å²) < 4.78 is 35.3. The monoisotopic (exact) mass is 618 g/mol. The van der Waals surface area contributed by atoms with Crippen LogP contribution in [-0.4, -0.2) is 90.4 Å². The lowest BCUT2D eigenvalue weighted by molar-refractivity contribution is -0.106. The largest absolute Gasteiger partial charge is 0.394 e. The summed E-state index contributed by atoms with van der Waals surface area (Å²) in [6.45, 7) is -0.503. The molecule has 15 nitrogen and oxygen atoms in total. The number of imidazole rings is 1. The van der Waals surface area contributed by atoms with Crippen molar-refractivity contribution >= 4 is 50.7 Å². The SMILES string of the molecule is O=CN(c1cnn(-c2nc(NC3CCCC3)c3ncn([C@@H]4O[C@H](CO)C(O)C4O)c3n2)c1)S(=O)(=O)c1cccc(Cl)c1. The van der Waals surface area contributed by atoms with Crippen LogP contribution in [0.25, 0.3) is 17.1 Å². The molecule has 0 spiro atoms. The Bertz CT molecular complexity index is 1720. The number of ether oxygens (including phenoxy) is 1. The maximum atomic E-state index is 13.2. The number of carbonyl (C=O) groups is 1. The first-order valence-corrected chi connectivity index (χ1v) is 15.0. The van der Waals surface area contributed by atoms with Gasteiger partial charge in [0.1, 0.15) is 18.3 Å². The van der Waals surface area contributed by atoms with E-state index >= 15 is 0 Å². The predicted molar refractivity (Wildman–Crippen MR) is 149 cm³/mol. The first-order valence-electron chi connectivity index (χ1n) is 13.1. The molecule has 1 saturated carbocycles. The first-order chi connectivity index (χ1) is 20.2. The van der Waals surface area contributed by atoms with Gasteiger partial charge in [-0.2, -0.15) is 15.1 Å². The third-order valence-electron chi connectivity index (χ3n) is 7.37. The summed E-state index contributed by atoms with van der Waals surface area (Å²) in [5.74, 6) is 0.386. The van der Waals surface area contributed by atoms with Gasteiger partial charge >= 0.3 is 0 Å². The highest BCUT2D eigenvalue weighted by Gasteiger charge is 2.44. The number of aromatic nitrogens is 6. The van der Waals surface area contributed by atoms with Crippen LogP contribution in [0.15, 0.2) is 47.9 Å². The average molecular weight is 619 g/mol. The van der Waals surface area contributed by atoms with Crippen LogP contribution in [0.1, 0.15) is 31.9 Å². The molecule has 1 aromatic carbocycles. The Morgan fingerprint density at radius 1 is 1.19 bits per heavy atom. The van der Waals surface area contributed by atoms with Gasteiger partial charge in [-0.1, -0.05) is 30.5 Å². The summed E-state index contributed by atoms with van der Waals surface area (Å²) in [6.07, 6.45) is 3.15. The molecule has 4 aromatic rings. The van der Waals surface area contributed by atoms with E-state index in [2.05, 4.69) is 25.4 Å². The van der Waals surface area contributed by atoms with Gasteiger partial charge in [0, 0.05) is 11.1 Å². The van der Waals surface area contributed by atoms with Crippen molar-refractivity contribution in [2.24, 2.45) is 0 Å². The van der Waals surface area contributed by atoms with Crippen molar-refractivity contribution in [1.82, 2.24) is 29.3 Å². The van der Waals surface area contributed by atoms with E-state index in [0.717, 1.165) is 25.7 Å². The van der Waals surface area contributed by atoms with Crippen molar-refractivity contribution in [1.29, 1.82) is 0 Å². The molecule has 1 aliphatic heterocycles. The number of aliphatic hydroxyl groups is 3. The van der Waals surface area contributed by atoms with Crippen molar-refractivity contribution in [3.05, 3.63) is 48.0 Å². The van der Waals surface area contributed by atoms with Crippen molar-refractivity contribution in [2.75, 3.05) is 16.2 Å². The Morgan fingerprint density at radius 3 is 2.67 bits per heavy atom. The Kier molecular flexibility index (Phi) is 7.59. The van der Waals surface area contributed by atoms with Gasteiger partial charge in [0.05, 0.1) is 35.9 Å². The second-order valence-corrected chi connectivity index (χ2v) is 12.3. The number of halogens is 1. The highest BCUT2D eigenvalue weighted by atomic mass is 35.5. The maximum absolute atomic E-state index is 13.2. The molecule has 4 atom stereocenters. The molecule has 3 aromatic heterocycles. The smallest absolute Gasteiger partial charge is 0.270 e. The summed E-state index contributed by atoms with van der Waals surface area (Å²) in [5, 5.41) is 38.3. The average Bonchev–Trinajstić information content (AvgIpc) is 3.78. The van der Waals surface area contributed by atoms with E-state index in [-0.39, 0.29) is 39.7 Å². The third-order valence-corrected chi connectivity index (χ3v) is 9.27. The van der Waals surface area contributed by atoms with Crippen molar-refractivity contribution in [3.8, 4) is 5.95 Å². The van der Waals surface area contributed by atoms with Crippen LogP contribution in [0.3, 0.4) is 0 Å².